The maximum absolute atomic E-state index is 6.32. The molecule has 3 atom stereocenters. The van der Waals surface area contributed by atoms with E-state index < -0.39 is 0 Å². The van der Waals surface area contributed by atoms with Crippen molar-refractivity contribution < 1.29 is 4.74 Å². The Morgan fingerprint density at radius 3 is 2.94 bits per heavy atom. The van der Waals surface area contributed by atoms with Gasteiger partial charge in [-0.15, -0.1) is 0 Å². The van der Waals surface area contributed by atoms with Gasteiger partial charge in [0.05, 0.1) is 24.9 Å². The molecule has 2 rings (SSSR count). The summed E-state index contributed by atoms with van der Waals surface area (Å²) in [6.45, 7) is 6.92. The van der Waals surface area contributed by atoms with Crippen molar-refractivity contribution in [2.45, 2.75) is 38.5 Å². The van der Waals surface area contributed by atoms with Crippen molar-refractivity contribution >= 4 is 0 Å². The van der Waals surface area contributed by atoms with Crippen LogP contribution in [0.4, 0.5) is 0 Å². The van der Waals surface area contributed by atoms with Gasteiger partial charge in [0, 0.05) is 37.9 Å². The van der Waals surface area contributed by atoms with Crippen LogP contribution in [-0.4, -0.2) is 46.5 Å². The number of aromatic nitrogens is 2. The molecule has 18 heavy (non-hydrogen) atoms. The second-order valence-electron chi connectivity index (χ2n) is 5.14. The molecule has 1 saturated heterocycles. The Hall–Kier alpha value is -0.910. The van der Waals surface area contributed by atoms with E-state index in [2.05, 4.69) is 30.0 Å². The number of ether oxygens (including phenoxy) is 1. The fourth-order valence-electron chi connectivity index (χ4n) is 2.64. The van der Waals surface area contributed by atoms with Crippen molar-refractivity contribution in [3.05, 3.63) is 18.0 Å². The van der Waals surface area contributed by atoms with Crippen molar-refractivity contribution in [1.82, 2.24) is 14.7 Å². The molecule has 102 valence electrons. The quantitative estimate of drug-likeness (QED) is 0.865. The van der Waals surface area contributed by atoms with Gasteiger partial charge in [0.2, 0.25) is 0 Å². The number of nitrogens with two attached hydrogens (primary N) is 1. The number of rotatable bonds is 4. The van der Waals surface area contributed by atoms with Crippen LogP contribution in [0.1, 0.15) is 31.9 Å². The van der Waals surface area contributed by atoms with E-state index >= 15 is 0 Å². The Bertz CT molecular complexity index is 379. The van der Waals surface area contributed by atoms with Crippen LogP contribution >= 0.6 is 0 Å². The lowest BCUT2D eigenvalue weighted by atomic mass is 9.98. The zero-order chi connectivity index (χ0) is 13.1. The highest BCUT2D eigenvalue weighted by Crippen LogP contribution is 2.26. The van der Waals surface area contributed by atoms with Crippen molar-refractivity contribution in [3.8, 4) is 0 Å². The molecule has 0 saturated carbocycles. The van der Waals surface area contributed by atoms with Gasteiger partial charge >= 0.3 is 0 Å². The van der Waals surface area contributed by atoms with Crippen LogP contribution < -0.4 is 5.73 Å². The average molecular weight is 252 g/mol. The molecule has 5 nitrogen and oxygen atoms in total. The van der Waals surface area contributed by atoms with E-state index in [-0.39, 0.29) is 18.2 Å². The molecule has 0 bridgehead atoms. The minimum absolute atomic E-state index is 0.138. The van der Waals surface area contributed by atoms with Crippen LogP contribution in [0.15, 0.2) is 12.4 Å². The van der Waals surface area contributed by atoms with Crippen LogP contribution in [0.25, 0.3) is 0 Å². The van der Waals surface area contributed by atoms with Crippen molar-refractivity contribution in [2.24, 2.45) is 12.8 Å². The van der Waals surface area contributed by atoms with E-state index in [1.54, 1.807) is 0 Å². The van der Waals surface area contributed by atoms with Gasteiger partial charge in [-0.2, -0.15) is 5.10 Å². The molecule has 1 aliphatic heterocycles. The molecule has 2 N–H and O–H groups in total. The first-order valence-corrected chi connectivity index (χ1v) is 6.71. The molecule has 5 heteroatoms. The van der Waals surface area contributed by atoms with Gasteiger partial charge in [-0.25, -0.2) is 0 Å². The lowest BCUT2D eigenvalue weighted by molar-refractivity contribution is -0.0386. The molecule has 0 spiro atoms. The monoisotopic (exact) mass is 252 g/mol. The van der Waals surface area contributed by atoms with Gasteiger partial charge in [0.25, 0.3) is 0 Å². The normalized spacial score (nSPS) is 25.0. The zero-order valence-electron chi connectivity index (χ0n) is 11.5. The molecular formula is C13H24N4O. The topological polar surface area (TPSA) is 56.3 Å². The van der Waals surface area contributed by atoms with Crippen LogP contribution in [0, 0.1) is 0 Å². The molecule has 3 unspecified atom stereocenters. The van der Waals surface area contributed by atoms with Crippen molar-refractivity contribution in [3.63, 3.8) is 0 Å². The van der Waals surface area contributed by atoms with E-state index in [1.165, 1.54) is 5.56 Å². The summed E-state index contributed by atoms with van der Waals surface area (Å²) in [5.74, 6) is 0. The Morgan fingerprint density at radius 1 is 1.61 bits per heavy atom. The minimum atomic E-state index is 0.138. The largest absolute Gasteiger partial charge is 0.376 e. The third kappa shape index (κ3) is 2.91. The van der Waals surface area contributed by atoms with Crippen LogP contribution in [-0.2, 0) is 11.8 Å². The number of hydrogen-bond donors (Lipinski definition) is 1. The standard InChI is InChI=1S/C13H24N4O/c1-4-12(14)13(11-7-15-16(3)9-11)17-5-6-18-10(2)8-17/h7,9-10,12-13H,4-6,8,14H2,1-3H3. The summed E-state index contributed by atoms with van der Waals surface area (Å²) in [4.78, 5) is 2.43. The molecule has 0 radical (unpaired) electrons. The van der Waals surface area contributed by atoms with Gasteiger partial charge in [0.1, 0.15) is 0 Å². The van der Waals surface area contributed by atoms with Crippen molar-refractivity contribution in [2.75, 3.05) is 19.7 Å². The highest BCUT2D eigenvalue weighted by Gasteiger charge is 2.30. The van der Waals surface area contributed by atoms with Gasteiger partial charge in [-0.3, -0.25) is 9.58 Å². The fourth-order valence-corrected chi connectivity index (χ4v) is 2.64. The van der Waals surface area contributed by atoms with E-state index in [0.29, 0.717) is 0 Å². The molecule has 0 amide bonds. The van der Waals surface area contributed by atoms with E-state index in [1.807, 2.05) is 17.9 Å². The third-order valence-corrected chi connectivity index (χ3v) is 3.61. The first-order chi connectivity index (χ1) is 8.61. The number of hydrogen-bond acceptors (Lipinski definition) is 4. The predicted molar refractivity (Wildman–Crippen MR) is 71.2 cm³/mol. The van der Waals surface area contributed by atoms with Crippen molar-refractivity contribution in [1.29, 1.82) is 0 Å². The summed E-state index contributed by atoms with van der Waals surface area (Å²) < 4.78 is 7.45. The summed E-state index contributed by atoms with van der Waals surface area (Å²) in [5.41, 5.74) is 7.52. The number of nitrogens with zero attached hydrogens (tertiary/aromatic N) is 3. The van der Waals surface area contributed by atoms with E-state index in [0.717, 1.165) is 26.1 Å². The minimum Gasteiger partial charge on any atom is -0.376 e. The maximum Gasteiger partial charge on any atom is 0.0674 e. The smallest absolute Gasteiger partial charge is 0.0674 e. The lowest BCUT2D eigenvalue weighted by Gasteiger charge is -2.39. The molecule has 1 aromatic rings. The van der Waals surface area contributed by atoms with Gasteiger partial charge < -0.3 is 10.5 Å². The summed E-state index contributed by atoms with van der Waals surface area (Å²) in [6, 6.07) is 0.384. The van der Waals surface area contributed by atoms with Crippen LogP contribution in [0.5, 0.6) is 0 Å². The lowest BCUT2D eigenvalue weighted by Crippen LogP contribution is -2.48. The first-order valence-electron chi connectivity index (χ1n) is 6.71. The highest BCUT2D eigenvalue weighted by atomic mass is 16.5. The second-order valence-corrected chi connectivity index (χ2v) is 5.14. The zero-order valence-corrected chi connectivity index (χ0v) is 11.5. The van der Waals surface area contributed by atoms with Gasteiger partial charge in [0.15, 0.2) is 0 Å². The first kappa shape index (κ1) is 13.5. The average Bonchev–Trinajstić information content (AvgIpc) is 2.76. The van der Waals surface area contributed by atoms with E-state index in [4.69, 9.17) is 10.5 Å². The maximum atomic E-state index is 6.32. The summed E-state index contributed by atoms with van der Waals surface area (Å²) in [7, 11) is 1.94. The molecule has 1 aliphatic rings. The van der Waals surface area contributed by atoms with Crippen LogP contribution in [0.2, 0.25) is 0 Å². The Kier molecular flexibility index (Phi) is 4.37. The van der Waals surface area contributed by atoms with Gasteiger partial charge in [-0.05, 0) is 13.3 Å². The molecule has 1 fully saturated rings. The summed E-state index contributed by atoms with van der Waals surface area (Å²) in [5, 5.41) is 4.27. The molecule has 1 aromatic heterocycles. The molecule has 2 heterocycles. The highest BCUT2D eigenvalue weighted by molar-refractivity contribution is 5.13. The molecule has 0 aromatic carbocycles. The predicted octanol–water partition coefficient (Wildman–Crippen LogP) is 0.919. The number of aryl methyl sites for hydroxylation is 1. The Balaban J connectivity index is 2.19. The number of morpholine rings is 1. The SMILES string of the molecule is CCC(N)C(c1cnn(C)c1)N1CCOC(C)C1. The van der Waals surface area contributed by atoms with Gasteiger partial charge in [-0.1, -0.05) is 6.92 Å². The molecular weight excluding hydrogens is 228 g/mol. The fraction of sp³-hybridized carbons (Fsp3) is 0.769. The molecule has 0 aliphatic carbocycles. The Morgan fingerprint density at radius 2 is 2.39 bits per heavy atom. The summed E-state index contributed by atoms with van der Waals surface area (Å²) in [6.07, 6.45) is 5.24. The van der Waals surface area contributed by atoms with Crippen LogP contribution in [0.3, 0.4) is 0 Å². The Labute approximate surface area is 109 Å². The summed E-state index contributed by atoms with van der Waals surface area (Å²) >= 11 is 0. The second kappa shape index (κ2) is 5.82. The van der Waals surface area contributed by atoms with E-state index in [9.17, 15) is 0 Å². The third-order valence-electron chi connectivity index (χ3n) is 3.61.